The molecule has 0 atom stereocenters. The van der Waals surface area contributed by atoms with Crippen LogP contribution in [0.15, 0.2) is 45.5 Å². The summed E-state index contributed by atoms with van der Waals surface area (Å²) in [7, 11) is 0. The van der Waals surface area contributed by atoms with E-state index in [0.29, 0.717) is 11.4 Å². The summed E-state index contributed by atoms with van der Waals surface area (Å²) in [5, 5.41) is 1.89. The van der Waals surface area contributed by atoms with E-state index in [1.165, 1.54) is 11.3 Å². The second-order valence-electron chi connectivity index (χ2n) is 3.45. The quantitative estimate of drug-likeness (QED) is 0.654. The first-order valence-electron chi connectivity index (χ1n) is 5.17. The van der Waals surface area contributed by atoms with E-state index in [2.05, 4.69) is 16.7 Å². The van der Waals surface area contributed by atoms with E-state index in [1.807, 2.05) is 36.6 Å². The average Bonchev–Trinajstić information content (AvgIpc) is 2.79. The maximum atomic E-state index is 11.8. The normalized spacial score (nSPS) is 12.4. The van der Waals surface area contributed by atoms with E-state index >= 15 is 0 Å². The molecule has 4 heteroatoms. The summed E-state index contributed by atoms with van der Waals surface area (Å²) in [5.74, 6) is 0. The van der Waals surface area contributed by atoms with Gasteiger partial charge in [0.25, 0.3) is 0 Å². The largest absolute Gasteiger partial charge is 0.352 e. The van der Waals surface area contributed by atoms with Gasteiger partial charge in [0.05, 0.1) is 21.6 Å². The first kappa shape index (κ1) is 11.5. The number of nitrogens with zero attached hydrogens (tertiary/aromatic N) is 1. The lowest BCUT2D eigenvalue weighted by Gasteiger charge is -2.01. The highest BCUT2D eigenvalue weighted by atomic mass is 32.1. The van der Waals surface area contributed by atoms with Crippen LogP contribution in [0, 0.1) is 0 Å². The standard InChI is InChI=1S/C13H12N2OS/c1-3-4-5-9(14-2)11-8-12(16)13-10(15-11)6-7-17-13/h3-8H,2H2,1H3,(H,15,16)/b4-3-,9-5-. The molecule has 0 radical (unpaired) electrons. The Kier molecular flexibility index (Phi) is 3.35. The van der Waals surface area contributed by atoms with Crippen molar-refractivity contribution in [2.75, 3.05) is 0 Å². The number of hydrogen-bond acceptors (Lipinski definition) is 3. The number of aromatic nitrogens is 1. The lowest BCUT2D eigenvalue weighted by atomic mass is 10.2. The summed E-state index contributed by atoms with van der Waals surface area (Å²) in [6.45, 7) is 5.43. The first-order valence-corrected chi connectivity index (χ1v) is 6.05. The molecule has 0 unspecified atom stereocenters. The molecule has 2 aromatic rings. The van der Waals surface area contributed by atoms with Crippen molar-refractivity contribution in [3.05, 3.63) is 51.7 Å². The van der Waals surface area contributed by atoms with Crippen molar-refractivity contribution < 1.29 is 0 Å². The van der Waals surface area contributed by atoms with E-state index in [0.717, 1.165) is 10.2 Å². The van der Waals surface area contributed by atoms with Gasteiger partial charge in [-0.2, -0.15) is 0 Å². The second kappa shape index (κ2) is 4.93. The molecule has 0 bridgehead atoms. The maximum absolute atomic E-state index is 11.8. The van der Waals surface area contributed by atoms with Gasteiger partial charge in [0.15, 0.2) is 5.43 Å². The molecule has 0 saturated heterocycles. The van der Waals surface area contributed by atoms with E-state index in [-0.39, 0.29) is 5.43 Å². The Balaban J connectivity index is 2.62. The van der Waals surface area contributed by atoms with Crippen LogP contribution in [0.5, 0.6) is 0 Å². The number of thiophene rings is 1. The third kappa shape index (κ3) is 2.26. The minimum Gasteiger partial charge on any atom is -0.352 e. The minimum absolute atomic E-state index is 0.0128. The van der Waals surface area contributed by atoms with Crippen LogP contribution in [-0.2, 0) is 0 Å². The number of aliphatic imine (C=N–C) groups is 1. The van der Waals surface area contributed by atoms with Gasteiger partial charge >= 0.3 is 0 Å². The van der Waals surface area contributed by atoms with Crippen molar-refractivity contribution in [1.82, 2.24) is 4.98 Å². The highest BCUT2D eigenvalue weighted by Gasteiger charge is 2.05. The molecule has 0 amide bonds. The van der Waals surface area contributed by atoms with E-state index in [1.54, 1.807) is 6.07 Å². The Morgan fingerprint density at radius 2 is 2.41 bits per heavy atom. The van der Waals surface area contributed by atoms with Crippen LogP contribution >= 0.6 is 11.3 Å². The average molecular weight is 244 g/mol. The summed E-state index contributed by atoms with van der Waals surface area (Å²) < 4.78 is 0.739. The predicted octanol–water partition coefficient (Wildman–Crippen LogP) is 3.21. The molecule has 3 nitrogen and oxygen atoms in total. The summed E-state index contributed by atoms with van der Waals surface area (Å²) >= 11 is 1.44. The van der Waals surface area contributed by atoms with Gasteiger partial charge < -0.3 is 4.98 Å². The molecule has 0 aliphatic heterocycles. The van der Waals surface area contributed by atoms with Gasteiger partial charge in [0.2, 0.25) is 0 Å². The molecular formula is C13H12N2OS. The minimum atomic E-state index is 0.0128. The van der Waals surface area contributed by atoms with Crippen LogP contribution in [0.3, 0.4) is 0 Å². The second-order valence-corrected chi connectivity index (χ2v) is 4.36. The Labute approximate surface area is 103 Å². The third-order valence-electron chi connectivity index (χ3n) is 2.33. The number of pyridine rings is 1. The fourth-order valence-electron chi connectivity index (χ4n) is 1.53. The zero-order valence-corrected chi connectivity index (χ0v) is 10.3. The van der Waals surface area contributed by atoms with Gasteiger partial charge in [0.1, 0.15) is 0 Å². The number of H-pyrrole nitrogens is 1. The fraction of sp³-hybridized carbons (Fsp3) is 0.0769. The molecule has 1 N–H and O–H groups in total. The molecule has 0 aromatic carbocycles. The van der Waals surface area contributed by atoms with Crippen LogP contribution < -0.4 is 5.43 Å². The van der Waals surface area contributed by atoms with Gasteiger partial charge in [-0.3, -0.25) is 9.79 Å². The monoisotopic (exact) mass is 244 g/mol. The Morgan fingerprint density at radius 1 is 1.59 bits per heavy atom. The van der Waals surface area contributed by atoms with Crippen LogP contribution in [0.2, 0.25) is 0 Å². The van der Waals surface area contributed by atoms with Gasteiger partial charge in [0, 0.05) is 6.07 Å². The molecule has 2 heterocycles. The molecule has 0 aliphatic carbocycles. The molecule has 0 aliphatic rings. The van der Waals surface area contributed by atoms with Gasteiger partial charge in [-0.25, -0.2) is 0 Å². The van der Waals surface area contributed by atoms with Crippen molar-refractivity contribution in [3.63, 3.8) is 0 Å². The number of hydrogen-bond donors (Lipinski definition) is 1. The van der Waals surface area contributed by atoms with Crippen molar-refractivity contribution in [2.24, 2.45) is 4.99 Å². The number of allylic oxidation sites excluding steroid dienone is 3. The zero-order valence-electron chi connectivity index (χ0n) is 9.43. The van der Waals surface area contributed by atoms with Crippen molar-refractivity contribution in [3.8, 4) is 0 Å². The van der Waals surface area contributed by atoms with Gasteiger partial charge in [-0.1, -0.05) is 12.2 Å². The van der Waals surface area contributed by atoms with E-state index in [4.69, 9.17) is 0 Å². The highest BCUT2D eigenvalue weighted by molar-refractivity contribution is 7.17. The zero-order chi connectivity index (χ0) is 12.3. The molecule has 17 heavy (non-hydrogen) atoms. The topological polar surface area (TPSA) is 45.2 Å². The smallest absolute Gasteiger partial charge is 0.200 e. The van der Waals surface area contributed by atoms with E-state index < -0.39 is 0 Å². The van der Waals surface area contributed by atoms with Crippen molar-refractivity contribution >= 4 is 34.0 Å². The van der Waals surface area contributed by atoms with Gasteiger partial charge in [-0.15, -0.1) is 11.3 Å². The Bertz CT molecular complexity index is 661. The lowest BCUT2D eigenvalue weighted by Crippen LogP contribution is -2.01. The summed E-state index contributed by atoms with van der Waals surface area (Å²) in [6.07, 6.45) is 5.57. The Morgan fingerprint density at radius 3 is 3.12 bits per heavy atom. The summed E-state index contributed by atoms with van der Waals surface area (Å²) in [5.41, 5.74) is 2.20. The number of fused-ring (bicyclic) bond motifs is 1. The maximum Gasteiger partial charge on any atom is 0.200 e. The van der Waals surface area contributed by atoms with Crippen molar-refractivity contribution in [2.45, 2.75) is 6.92 Å². The molecule has 0 saturated carbocycles. The summed E-state index contributed by atoms with van der Waals surface area (Å²) in [4.78, 5) is 18.9. The molecule has 2 rings (SSSR count). The number of rotatable bonds is 3. The van der Waals surface area contributed by atoms with Crippen LogP contribution in [-0.4, -0.2) is 11.7 Å². The van der Waals surface area contributed by atoms with Crippen LogP contribution in [0.25, 0.3) is 15.9 Å². The van der Waals surface area contributed by atoms with Crippen molar-refractivity contribution in [1.29, 1.82) is 0 Å². The third-order valence-corrected chi connectivity index (χ3v) is 3.26. The summed E-state index contributed by atoms with van der Waals surface area (Å²) in [6, 6.07) is 3.45. The highest BCUT2D eigenvalue weighted by Crippen LogP contribution is 2.18. The first-order chi connectivity index (χ1) is 8.26. The van der Waals surface area contributed by atoms with Crippen LogP contribution in [0.4, 0.5) is 0 Å². The predicted molar refractivity (Wildman–Crippen MR) is 74.8 cm³/mol. The lowest BCUT2D eigenvalue weighted by molar-refractivity contribution is 1.31. The van der Waals surface area contributed by atoms with Crippen LogP contribution in [0.1, 0.15) is 12.6 Å². The number of aromatic amines is 1. The molecule has 86 valence electrons. The van der Waals surface area contributed by atoms with Gasteiger partial charge in [-0.05, 0) is 31.2 Å². The fourth-order valence-corrected chi connectivity index (χ4v) is 2.29. The Hall–Kier alpha value is -1.94. The molecule has 2 aromatic heterocycles. The molecular weight excluding hydrogens is 232 g/mol. The molecule has 0 spiro atoms. The molecule has 0 fully saturated rings. The number of nitrogens with one attached hydrogen (secondary N) is 1. The van der Waals surface area contributed by atoms with E-state index in [9.17, 15) is 4.79 Å². The SMILES string of the molecule is C=N/C(=C\C=C/C)c1cc(=O)c2sccc2[nH]1.